The zero-order chi connectivity index (χ0) is 21.2. The molecule has 0 unspecified atom stereocenters. The highest BCUT2D eigenvalue weighted by molar-refractivity contribution is 9.10. The Morgan fingerprint density at radius 3 is 2.52 bits per heavy atom. The molecule has 1 N–H and O–H groups in total. The zero-order valence-electron chi connectivity index (χ0n) is 16.1. The van der Waals surface area contributed by atoms with Crippen LogP contribution in [0.25, 0.3) is 0 Å². The van der Waals surface area contributed by atoms with Crippen molar-refractivity contribution in [2.45, 2.75) is 24.6 Å². The molecule has 1 saturated heterocycles. The number of piperidine rings is 1. The maximum Gasteiger partial charge on any atom is 0.416 e. The van der Waals surface area contributed by atoms with Crippen LogP contribution in [-0.2, 0) is 6.18 Å². The number of amides is 1. The molecule has 0 radical (unpaired) electrons. The third kappa shape index (κ3) is 4.93. The molecule has 0 bridgehead atoms. The van der Waals surface area contributed by atoms with E-state index < -0.39 is 17.6 Å². The van der Waals surface area contributed by atoms with Crippen LogP contribution in [0.3, 0.4) is 0 Å². The number of benzene rings is 2. The molecule has 2 aromatic rings. The molecular weight excluding hydrogens is 449 g/mol. The average molecular weight is 471 g/mol. The molecule has 4 nitrogen and oxygen atoms in total. The molecule has 1 aliphatic heterocycles. The van der Waals surface area contributed by atoms with Crippen molar-refractivity contribution in [2.75, 3.05) is 27.2 Å². The quantitative estimate of drug-likeness (QED) is 0.704. The molecule has 3 rings (SSSR count). The number of hydrogen-bond acceptors (Lipinski definition) is 3. The molecule has 1 aliphatic rings. The number of nitrogens with zero attached hydrogens (tertiary/aromatic N) is 1. The number of rotatable bonds is 4. The Morgan fingerprint density at radius 1 is 1.21 bits per heavy atom. The van der Waals surface area contributed by atoms with Crippen molar-refractivity contribution in [1.82, 2.24) is 10.2 Å². The number of likely N-dealkylation sites (N-methyl/N-ethyl adjacent to an activating group) is 1. The van der Waals surface area contributed by atoms with E-state index in [1.165, 1.54) is 6.07 Å². The summed E-state index contributed by atoms with van der Waals surface area (Å²) in [6.07, 6.45) is -3.81. The van der Waals surface area contributed by atoms with E-state index in [9.17, 15) is 18.0 Å². The Hall–Kier alpha value is -2.06. The van der Waals surface area contributed by atoms with E-state index in [2.05, 4.69) is 21.2 Å². The first-order chi connectivity index (χ1) is 13.7. The third-order valence-electron chi connectivity index (χ3n) is 5.28. The van der Waals surface area contributed by atoms with Gasteiger partial charge < -0.3 is 15.0 Å². The minimum atomic E-state index is -4.52. The summed E-state index contributed by atoms with van der Waals surface area (Å²) in [7, 11) is 3.25. The lowest BCUT2D eigenvalue weighted by atomic mass is 9.85. The van der Waals surface area contributed by atoms with Crippen molar-refractivity contribution in [2.24, 2.45) is 0 Å². The molecule has 8 heteroatoms. The van der Waals surface area contributed by atoms with Gasteiger partial charge in [0.05, 0.1) is 12.7 Å². The highest BCUT2D eigenvalue weighted by Crippen LogP contribution is 2.33. The average Bonchev–Trinajstić information content (AvgIpc) is 2.71. The van der Waals surface area contributed by atoms with Crippen LogP contribution >= 0.6 is 15.9 Å². The van der Waals surface area contributed by atoms with Gasteiger partial charge in [-0.25, -0.2) is 0 Å². The first kappa shape index (κ1) is 21.6. The van der Waals surface area contributed by atoms with Gasteiger partial charge in [-0.05, 0) is 48.9 Å². The third-order valence-corrected chi connectivity index (χ3v) is 5.74. The summed E-state index contributed by atoms with van der Waals surface area (Å²) in [6.45, 7) is 1.42. The summed E-state index contributed by atoms with van der Waals surface area (Å²) in [5.41, 5.74) is 0.217. The monoisotopic (exact) mass is 470 g/mol. The number of carbonyl (C=O) groups is 1. The van der Waals surface area contributed by atoms with Crippen molar-refractivity contribution in [3.8, 4) is 5.75 Å². The second kappa shape index (κ2) is 8.75. The summed E-state index contributed by atoms with van der Waals surface area (Å²) in [6, 6.07) is 10.8. The van der Waals surface area contributed by atoms with Gasteiger partial charge in [-0.2, -0.15) is 13.2 Å². The number of halogens is 4. The van der Waals surface area contributed by atoms with Crippen molar-refractivity contribution in [1.29, 1.82) is 0 Å². The van der Waals surface area contributed by atoms with Crippen LogP contribution in [0.2, 0.25) is 0 Å². The van der Waals surface area contributed by atoms with Gasteiger partial charge in [0.25, 0.3) is 5.91 Å². The Morgan fingerprint density at radius 2 is 1.90 bits per heavy atom. The lowest BCUT2D eigenvalue weighted by Gasteiger charge is -2.39. The normalized spacial score (nSPS) is 19.7. The fraction of sp³-hybridized carbons (Fsp3) is 0.381. The minimum absolute atomic E-state index is 0.0150. The number of methoxy groups -OCH3 is 1. The van der Waals surface area contributed by atoms with Crippen LogP contribution in [-0.4, -0.2) is 44.1 Å². The molecule has 0 aliphatic carbocycles. The predicted molar refractivity (Wildman–Crippen MR) is 108 cm³/mol. The SMILES string of the molecule is COc1ccc([C@@H]2CNCC[C@H]2N(C)C(=O)c2cc(Br)cc(C(F)(F)F)c2)cc1. The topological polar surface area (TPSA) is 41.6 Å². The summed E-state index contributed by atoms with van der Waals surface area (Å²) in [5.74, 6) is 0.340. The van der Waals surface area contributed by atoms with Crippen molar-refractivity contribution in [3.63, 3.8) is 0 Å². The molecule has 1 amide bonds. The molecule has 156 valence electrons. The van der Waals surface area contributed by atoms with Crippen molar-refractivity contribution >= 4 is 21.8 Å². The molecule has 1 fully saturated rings. The van der Waals surface area contributed by atoms with E-state index >= 15 is 0 Å². The van der Waals surface area contributed by atoms with Gasteiger partial charge >= 0.3 is 6.18 Å². The van der Waals surface area contributed by atoms with Gasteiger partial charge in [0.15, 0.2) is 0 Å². The highest BCUT2D eigenvalue weighted by Gasteiger charge is 2.35. The van der Waals surface area contributed by atoms with Gasteiger partial charge in [-0.3, -0.25) is 4.79 Å². The van der Waals surface area contributed by atoms with Crippen LogP contribution in [0, 0.1) is 0 Å². The standard InChI is InChI=1S/C21H22BrF3N2O2/c1-27(20(28)14-9-15(21(23,24)25)11-16(22)10-14)19-7-8-26-12-18(19)13-3-5-17(29-2)6-4-13/h3-6,9-11,18-19,26H,7-8,12H2,1-2H3/t18-,19+/m0/s1. The Labute approximate surface area is 176 Å². The number of alkyl halides is 3. The first-order valence-corrected chi connectivity index (χ1v) is 9.99. The fourth-order valence-corrected chi connectivity index (χ4v) is 4.22. The molecule has 0 saturated carbocycles. The zero-order valence-corrected chi connectivity index (χ0v) is 17.7. The van der Waals surface area contributed by atoms with Gasteiger partial charge in [0.2, 0.25) is 0 Å². The Balaban J connectivity index is 1.87. The summed E-state index contributed by atoms with van der Waals surface area (Å²) in [4.78, 5) is 14.6. The molecule has 2 atom stereocenters. The molecule has 0 spiro atoms. The van der Waals surface area contributed by atoms with E-state index in [1.54, 1.807) is 19.1 Å². The predicted octanol–water partition coefficient (Wildman–Crippen LogP) is 4.69. The van der Waals surface area contributed by atoms with Gasteiger partial charge in [-0.1, -0.05) is 28.1 Å². The second-order valence-corrected chi connectivity index (χ2v) is 8.00. The van der Waals surface area contributed by atoms with Crippen LogP contribution in [0.1, 0.15) is 33.8 Å². The van der Waals surface area contributed by atoms with E-state index in [0.717, 1.165) is 30.0 Å². The summed E-state index contributed by atoms with van der Waals surface area (Å²) in [5, 5.41) is 3.34. The van der Waals surface area contributed by atoms with E-state index in [0.29, 0.717) is 13.0 Å². The van der Waals surface area contributed by atoms with Crippen molar-refractivity contribution < 1.29 is 22.7 Å². The second-order valence-electron chi connectivity index (χ2n) is 7.08. The van der Waals surface area contributed by atoms with Crippen LogP contribution in [0.5, 0.6) is 5.75 Å². The van der Waals surface area contributed by atoms with Crippen molar-refractivity contribution in [3.05, 3.63) is 63.6 Å². The number of carbonyl (C=O) groups excluding carboxylic acids is 1. The van der Waals surface area contributed by atoms with E-state index in [4.69, 9.17) is 4.74 Å². The lowest BCUT2D eigenvalue weighted by Crippen LogP contribution is -2.49. The minimum Gasteiger partial charge on any atom is -0.497 e. The fourth-order valence-electron chi connectivity index (χ4n) is 3.73. The van der Waals surface area contributed by atoms with E-state index in [1.807, 2.05) is 24.3 Å². The molecule has 29 heavy (non-hydrogen) atoms. The largest absolute Gasteiger partial charge is 0.497 e. The van der Waals surface area contributed by atoms with E-state index in [-0.39, 0.29) is 22.0 Å². The lowest BCUT2D eigenvalue weighted by molar-refractivity contribution is -0.137. The molecule has 1 heterocycles. The van der Waals surface area contributed by atoms with Gasteiger partial charge in [-0.15, -0.1) is 0 Å². The summed E-state index contributed by atoms with van der Waals surface area (Å²) >= 11 is 3.09. The maximum atomic E-state index is 13.1. The smallest absolute Gasteiger partial charge is 0.416 e. The molecule has 0 aromatic heterocycles. The number of hydrogen-bond donors (Lipinski definition) is 1. The van der Waals surface area contributed by atoms with Crippen LogP contribution < -0.4 is 10.1 Å². The van der Waals surface area contributed by atoms with Gasteiger partial charge in [0.1, 0.15) is 5.75 Å². The van der Waals surface area contributed by atoms with Crippen LogP contribution in [0.15, 0.2) is 46.9 Å². The molecule has 2 aromatic carbocycles. The summed E-state index contributed by atoms with van der Waals surface area (Å²) < 4.78 is 44.9. The Bertz CT molecular complexity index is 871. The maximum absolute atomic E-state index is 13.1. The van der Waals surface area contributed by atoms with Gasteiger partial charge in [0, 0.05) is 35.6 Å². The Kier molecular flexibility index (Phi) is 6.53. The van der Waals surface area contributed by atoms with Crippen LogP contribution in [0.4, 0.5) is 13.2 Å². The first-order valence-electron chi connectivity index (χ1n) is 9.20. The number of nitrogens with one attached hydrogen (secondary N) is 1. The molecular formula is C21H22BrF3N2O2. The number of ether oxygens (including phenoxy) is 1. The highest BCUT2D eigenvalue weighted by atomic mass is 79.9.